The SMILES string of the molecule is CC(=O)N1C[C@H]2c3ccccc3Oc3ccc(Cl)cc3[C@@H]2C1. The van der Waals surface area contributed by atoms with Gasteiger partial charge in [-0.25, -0.2) is 0 Å². The molecule has 112 valence electrons. The summed E-state index contributed by atoms with van der Waals surface area (Å²) in [5.41, 5.74) is 2.26. The summed E-state index contributed by atoms with van der Waals surface area (Å²) >= 11 is 6.19. The highest BCUT2D eigenvalue weighted by Crippen LogP contribution is 2.50. The van der Waals surface area contributed by atoms with Crippen molar-refractivity contribution in [2.45, 2.75) is 18.8 Å². The Balaban J connectivity index is 1.89. The van der Waals surface area contributed by atoms with E-state index in [1.54, 1.807) is 6.92 Å². The van der Waals surface area contributed by atoms with Crippen molar-refractivity contribution in [3.05, 3.63) is 58.6 Å². The summed E-state index contributed by atoms with van der Waals surface area (Å²) < 4.78 is 6.13. The Hall–Kier alpha value is -2.00. The third-order valence-corrected chi connectivity index (χ3v) is 4.91. The Bertz CT molecular complexity index is 759. The third kappa shape index (κ3) is 2.08. The van der Waals surface area contributed by atoms with Gasteiger partial charge in [-0.2, -0.15) is 0 Å². The van der Waals surface area contributed by atoms with Crippen LogP contribution in [0, 0.1) is 0 Å². The van der Waals surface area contributed by atoms with Crippen LogP contribution in [0.2, 0.25) is 5.02 Å². The standard InChI is InChI=1S/C18H16ClNO2/c1-11(21)20-9-15-13-4-2-3-5-17(13)22-18-7-6-12(19)8-14(18)16(15)10-20/h2-8,15-16H,9-10H2,1H3/t15-,16-/m0/s1. The molecule has 2 aliphatic rings. The minimum absolute atomic E-state index is 0.120. The van der Waals surface area contributed by atoms with Crippen LogP contribution in [-0.2, 0) is 4.79 Å². The molecule has 0 saturated carbocycles. The lowest BCUT2D eigenvalue weighted by molar-refractivity contribution is -0.127. The summed E-state index contributed by atoms with van der Waals surface area (Å²) in [6.07, 6.45) is 0. The highest BCUT2D eigenvalue weighted by atomic mass is 35.5. The van der Waals surface area contributed by atoms with E-state index >= 15 is 0 Å². The summed E-state index contributed by atoms with van der Waals surface area (Å²) in [6.45, 7) is 3.07. The molecule has 4 rings (SSSR count). The van der Waals surface area contributed by atoms with E-state index in [0.29, 0.717) is 11.6 Å². The molecule has 1 saturated heterocycles. The van der Waals surface area contributed by atoms with Crippen LogP contribution in [0.25, 0.3) is 0 Å². The van der Waals surface area contributed by atoms with Crippen molar-refractivity contribution in [3.8, 4) is 11.5 Å². The monoisotopic (exact) mass is 313 g/mol. The first-order valence-electron chi connectivity index (χ1n) is 7.45. The van der Waals surface area contributed by atoms with Crippen molar-refractivity contribution in [2.24, 2.45) is 0 Å². The number of para-hydroxylation sites is 1. The number of ether oxygens (including phenoxy) is 1. The zero-order chi connectivity index (χ0) is 15.3. The van der Waals surface area contributed by atoms with Crippen LogP contribution < -0.4 is 4.74 Å². The average Bonchev–Trinajstić information content (AvgIpc) is 2.90. The fraction of sp³-hybridized carbons (Fsp3) is 0.278. The lowest BCUT2D eigenvalue weighted by atomic mass is 9.84. The molecule has 2 atom stereocenters. The quantitative estimate of drug-likeness (QED) is 0.730. The third-order valence-electron chi connectivity index (χ3n) is 4.67. The van der Waals surface area contributed by atoms with Gasteiger partial charge in [-0.05, 0) is 24.3 Å². The molecule has 2 heterocycles. The molecule has 3 nitrogen and oxygen atoms in total. The van der Waals surface area contributed by atoms with Gasteiger partial charge in [0, 0.05) is 48.0 Å². The second-order valence-corrected chi connectivity index (χ2v) is 6.40. The van der Waals surface area contributed by atoms with Gasteiger partial charge in [0.2, 0.25) is 5.91 Å². The lowest BCUT2D eigenvalue weighted by Crippen LogP contribution is -2.26. The van der Waals surface area contributed by atoms with Gasteiger partial charge in [0.15, 0.2) is 0 Å². The van der Waals surface area contributed by atoms with Crippen LogP contribution in [0.4, 0.5) is 0 Å². The van der Waals surface area contributed by atoms with E-state index in [1.807, 2.05) is 41.3 Å². The van der Waals surface area contributed by atoms with Crippen LogP contribution in [0.1, 0.15) is 29.9 Å². The Morgan fingerprint density at radius 2 is 1.77 bits per heavy atom. The Labute approximate surface area is 134 Å². The second-order valence-electron chi connectivity index (χ2n) is 5.96. The lowest BCUT2D eigenvalue weighted by Gasteiger charge is -2.16. The summed E-state index contributed by atoms with van der Waals surface area (Å²) in [4.78, 5) is 13.8. The number of carbonyl (C=O) groups is 1. The molecule has 0 spiro atoms. The number of halogens is 1. The highest BCUT2D eigenvalue weighted by Gasteiger charge is 2.40. The fourth-order valence-corrected chi connectivity index (χ4v) is 3.77. The largest absolute Gasteiger partial charge is 0.457 e. The number of amides is 1. The molecule has 0 bridgehead atoms. The van der Waals surface area contributed by atoms with E-state index in [9.17, 15) is 4.79 Å². The number of hydrogen-bond acceptors (Lipinski definition) is 2. The molecule has 0 unspecified atom stereocenters. The van der Waals surface area contributed by atoms with E-state index in [-0.39, 0.29) is 17.7 Å². The van der Waals surface area contributed by atoms with Gasteiger partial charge < -0.3 is 9.64 Å². The molecule has 1 amide bonds. The van der Waals surface area contributed by atoms with Gasteiger partial charge in [-0.1, -0.05) is 29.8 Å². The van der Waals surface area contributed by atoms with Crippen molar-refractivity contribution in [1.82, 2.24) is 4.90 Å². The molecule has 0 aromatic heterocycles. The number of fused-ring (bicyclic) bond motifs is 5. The topological polar surface area (TPSA) is 29.5 Å². The number of hydrogen-bond donors (Lipinski definition) is 0. The minimum atomic E-state index is 0.120. The van der Waals surface area contributed by atoms with E-state index in [2.05, 4.69) is 6.07 Å². The number of likely N-dealkylation sites (tertiary alicyclic amines) is 1. The van der Waals surface area contributed by atoms with E-state index in [0.717, 1.165) is 23.6 Å². The zero-order valence-electron chi connectivity index (χ0n) is 12.3. The Morgan fingerprint density at radius 3 is 2.55 bits per heavy atom. The van der Waals surface area contributed by atoms with Crippen LogP contribution in [-0.4, -0.2) is 23.9 Å². The highest BCUT2D eigenvalue weighted by molar-refractivity contribution is 6.30. The summed E-state index contributed by atoms with van der Waals surface area (Å²) in [6, 6.07) is 13.8. The molecule has 0 aliphatic carbocycles. The van der Waals surface area contributed by atoms with Crippen LogP contribution in [0.5, 0.6) is 11.5 Å². The maximum atomic E-state index is 11.8. The second kappa shape index (κ2) is 5.03. The van der Waals surface area contributed by atoms with Gasteiger partial charge in [-0.15, -0.1) is 0 Å². The predicted molar refractivity (Wildman–Crippen MR) is 85.7 cm³/mol. The molecule has 2 aliphatic heterocycles. The summed E-state index contributed by atoms with van der Waals surface area (Å²) in [5, 5.41) is 0.702. The first kappa shape index (κ1) is 13.6. The maximum Gasteiger partial charge on any atom is 0.219 e. The van der Waals surface area contributed by atoms with Crippen molar-refractivity contribution in [3.63, 3.8) is 0 Å². The van der Waals surface area contributed by atoms with Crippen LogP contribution in [0.15, 0.2) is 42.5 Å². The molecule has 22 heavy (non-hydrogen) atoms. The molecule has 2 aromatic carbocycles. The van der Waals surface area contributed by atoms with E-state index in [4.69, 9.17) is 16.3 Å². The number of rotatable bonds is 0. The Morgan fingerprint density at radius 1 is 1.09 bits per heavy atom. The minimum Gasteiger partial charge on any atom is -0.457 e. The van der Waals surface area contributed by atoms with Gasteiger partial charge >= 0.3 is 0 Å². The average molecular weight is 314 g/mol. The van der Waals surface area contributed by atoms with Crippen LogP contribution >= 0.6 is 11.6 Å². The number of benzene rings is 2. The van der Waals surface area contributed by atoms with Crippen molar-refractivity contribution >= 4 is 17.5 Å². The maximum absolute atomic E-state index is 11.8. The smallest absolute Gasteiger partial charge is 0.219 e. The normalized spacial score (nSPS) is 22.2. The molecule has 1 fully saturated rings. The summed E-state index contributed by atoms with van der Waals surface area (Å²) in [7, 11) is 0. The predicted octanol–water partition coefficient (Wildman–Crippen LogP) is 4.18. The van der Waals surface area contributed by atoms with Gasteiger partial charge in [0.25, 0.3) is 0 Å². The molecule has 0 radical (unpaired) electrons. The van der Waals surface area contributed by atoms with E-state index < -0.39 is 0 Å². The molecule has 0 N–H and O–H groups in total. The summed E-state index contributed by atoms with van der Waals surface area (Å²) in [5.74, 6) is 2.31. The van der Waals surface area contributed by atoms with E-state index in [1.165, 1.54) is 5.56 Å². The number of nitrogens with zero attached hydrogens (tertiary/aromatic N) is 1. The zero-order valence-corrected chi connectivity index (χ0v) is 13.0. The van der Waals surface area contributed by atoms with Gasteiger partial charge in [0.05, 0.1) is 0 Å². The van der Waals surface area contributed by atoms with Crippen LogP contribution in [0.3, 0.4) is 0 Å². The first-order valence-corrected chi connectivity index (χ1v) is 7.83. The van der Waals surface area contributed by atoms with Crippen molar-refractivity contribution in [1.29, 1.82) is 0 Å². The molecular weight excluding hydrogens is 298 g/mol. The first-order chi connectivity index (χ1) is 10.6. The fourth-order valence-electron chi connectivity index (χ4n) is 3.59. The molecule has 4 heteroatoms. The molecule has 2 aromatic rings. The molecular formula is C18H16ClNO2. The number of carbonyl (C=O) groups excluding carboxylic acids is 1. The van der Waals surface area contributed by atoms with Gasteiger partial charge in [0.1, 0.15) is 11.5 Å². The van der Waals surface area contributed by atoms with Gasteiger partial charge in [-0.3, -0.25) is 4.79 Å². The van der Waals surface area contributed by atoms with Crippen molar-refractivity contribution < 1.29 is 9.53 Å². The van der Waals surface area contributed by atoms with Crippen molar-refractivity contribution in [2.75, 3.05) is 13.1 Å². The Kier molecular flexibility index (Phi) is 3.12.